The van der Waals surface area contributed by atoms with Crippen molar-refractivity contribution >= 4 is 23.3 Å². The zero-order chi connectivity index (χ0) is 20.4. The predicted molar refractivity (Wildman–Crippen MR) is 118 cm³/mol. The van der Waals surface area contributed by atoms with Gasteiger partial charge in [0.25, 0.3) is 5.89 Å². The first-order chi connectivity index (χ1) is 14.1. The van der Waals surface area contributed by atoms with Crippen LogP contribution >= 0.6 is 12.4 Å². The van der Waals surface area contributed by atoms with E-state index in [4.69, 9.17) is 19.7 Å². The summed E-state index contributed by atoms with van der Waals surface area (Å²) < 4.78 is 19.0. The van der Waals surface area contributed by atoms with Crippen LogP contribution in [-0.2, 0) is 13.5 Å². The van der Waals surface area contributed by atoms with E-state index in [0.717, 1.165) is 34.5 Å². The van der Waals surface area contributed by atoms with Crippen molar-refractivity contribution in [3.8, 4) is 23.1 Å². The van der Waals surface area contributed by atoms with Crippen LogP contribution in [0.5, 0.6) is 11.5 Å². The van der Waals surface area contributed by atoms with E-state index in [1.54, 1.807) is 14.0 Å². The summed E-state index contributed by atoms with van der Waals surface area (Å²) in [6, 6.07) is 15.8. The first-order valence-electron chi connectivity index (χ1n) is 9.46. The van der Waals surface area contributed by atoms with Gasteiger partial charge in [-0.05, 0) is 37.1 Å². The summed E-state index contributed by atoms with van der Waals surface area (Å²) in [7, 11) is 3.58. The van der Waals surface area contributed by atoms with Gasteiger partial charge < -0.3 is 24.3 Å². The van der Waals surface area contributed by atoms with E-state index < -0.39 is 0 Å². The molecule has 4 rings (SSSR count). The number of halogens is 1. The van der Waals surface area contributed by atoms with Gasteiger partial charge in [-0.25, -0.2) is 0 Å². The normalized spacial score (nSPS) is 11.9. The molecule has 8 heteroatoms. The molecule has 158 valence electrons. The maximum Gasteiger partial charge on any atom is 0.274 e. The molecule has 2 heterocycles. The van der Waals surface area contributed by atoms with E-state index in [1.165, 1.54) is 5.56 Å². The fraction of sp³-hybridized carbons (Fsp3) is 0.273. The zero-order valence-corrected chi connectivity index (χ0v) is 18.0. The SMILES string of the molecule is COc1ccc(OC[C@@H](N)Cc2ccccc2)c2cc(-c3nc(C)no3)n(C)c12.Cl. The number of benzene rings is 2. The molecule has 0 aliphatic heterocycles. The van der Waals surface area contributed by atoms with Crippen molar-refractivity contribution in [1.29, 1.82) is 0 Å². The highest BCUT2D eigenvalue weighted by Crippen LogP contribution is 2.38. The standard InChI is InChI=1S/C22H24N4O3.ClH/c1-14-24-22(29-25-14)18-12-17-19(9-10-20(27-3)21(17)26(18)2)28-13-16(23)11-15-7-5-4-6-8-15;/h4-10,12,16H,11,13,23H2,1-3H3;1H/t16-;/m0./s1. The molecule has 0 aliphatic carbocycles. The van der Waals surface area contributed by atoms with Crippen LogP contribution in [0.15, 0.2) is 53.1 Å². The van der Waals surface area contributed by atoms with Gasteiger partial charge in [0.15, 0.2) is 5.82 Å². The molecular weight excluding hydrogens is 404 g/mol. The Kier molecular flexibility index (Phi) is 6.64. The zero-order valence-electron chi connectivity index (χ0n) is 17.2. The van der Waals surface area contributed by atoms with E-state index >= 15 is 0 Å². The van der Waals surface area contributed by atoms with Gasteiger partial charge in [-0.15, -0.1) is 12.4 Å². The molecule has 7 nitrogen and oxygen atoms in total. The minimum absolute atomic E-state index is 0. The van der Waals surface area contributed by atoms with Gasteiger partial charge in [0, 0.05) is 18.5 Å². The number of ether oxygens (including phenoxy) is 2. The molecule has 30 heavy (non-hydrogen) atoms. The quantitative estimate of drug-likeness (QED) is 0.480. The molecule has 2 aromatic heterocycles. The molecular formula is C22H25ClN4O3. The number of methoxy groups -OCH3 is 1. The highest BCUT2D eigenvalue weighted by atomic mass is 35.5. The van der Waals surface area contributed by atoms with Crippen molar-refractivity contribution in [2.24, 2.45) is 12.8 Å². The topological polar surface area (TPSA) is 88.3 Å². The molecule has 0 unspecified atom stereocenters. The number of hydrogen-bond donors (Lipinski definition) is 1. The van der Waals surface area contributed by atoms with Crippen molar-refractivity contribution < 1.29 is 14.0 Å². The van der Waals surface area contributed by atoms with Crippen LogP contribution < -0.4 is 15.2 Å². The summed E-state index contributed by atoms with van der Waals surface area (Å²) in [6.07, 6.45) is 0.751. The highest BCUT2D eigenvalue weighted by molar-refractivity contribution is 5.95. The Labute approximate surface area is 181 Å². The summed E-state index contributed by atoms with van der Waals surface area (Å²) in [5.41, 5.74) is 9.18. The summed E-state index contributed by atoms with van der Waals surface area (Å²) >= 11 is 0. The third-order valence-electron chi connectivity index (χ3n) is 4.88. The smallest absolute Gasteiger partial charge is 0.274 e. The van der Waals surface area contributed by atoms with Crippen LogP contribution in [0, 0.1) is 6.92 Å². The average Bonchev–Trinajstić information content (AvgIpc) is 3.30. The molecule has 0 bridgehead atoms. The minimum Gasteiger partial charge on any atom is -0.495 e. The third-order valence-corrected chi connectivity index (χ3v) is 4.88. The van der Waals surface area contributed by atoms with Gasteiger partial charge in [0.2, 0.25) is 0 Å². The number of hydrogen-bond acceptors (Lipinski definition) is 6. The van der Waals surface area contributed by atoms with Crippen LogP contribution in [0.25, 0.3) is 22.5 Å². The van der Waals surface area contributed by atoms with Crippen LogP contribution in [0.3, 0.4) is 0 Å². The number of fused-ring (bicyclic) bond motifs is 1. The van der Waals surface area contributed by atoms with E-state index in [-0.39, 0.29) is 18.4 Å². The second-order valence-corrected chi connectivity index (χ2v) is 7.02. The van der Waals surface area contributed by atoms with E-state index in [1.807, 2.05) is 48.0 Å². The lowest BCUT2D eigenvalue weighted by Gasteiger charge is -2.15. The molecule has 0 spiro atoms. The number of nitrogens with zero attached hydrogens (tertiary/aromatic N) is 3. The molecule has 0 saturated heterocycles. The van der Waals surface area contributed by atoms with Crippen molar-refractivity contribution in [2.75, 3.05) is 13.7 Å². The largest absolute Gasteiger partial charge is 0.495 e. The van der Waals surface area contributed by atoms with Gasteiger partial charge in [-0.2, -0.15) is 4.98 Å². The average molecular weight is 429 g/mol. The number of aromatic nitrogens is 3. The van der Waals surface area contributed by atoms with Crippen molar-refractivity contribution in [3.63, 3.8) is 0 Å². The molecule has 0 fully saturated rings. The first-order valence-corrected chi connectivity index (χ1v) is 9.46. The summed E-state index contributed by atoms with van der Waals surface area (Å²) in [5, 5.41) is 4.80. The molecule has 4 aromatic rings. The molecule has 0 saturated carbocycles. The molecule has 2 N–H and O–H groups in total. The van der Waals surface area contributed by atoms with Crippen LogP contribution in [0.4, 0.5) is 0 Å². The minimum atomic E-state index is -0.115. The maximum absolute atomic E-state index is 6.29. The predicted octanol–water partition coefficient (Wildman–Crippen LogP) is 3.92. The Morgan fingerprint density at radius 1 is 1.13 bits per heavy atom. The second kappa shape index (κ2) is 9.19. The lowest BCUT2D eigenvalue weighted by molar-refractivity contribution is 0.290. The van der Waals surface area contributed by atoms with Gasteiger partial charge in [-0.1, -0.05) is 35.5 Å². The fourth-order valence-electron chi connectivity index (χ4n) is 3.48. The Hall–Kier alpha value is -3.03. The van der Waals surface area contributed by atoms with Crippen LogP contribution in [-0.4, -0.2) is 34.5 Å². The maximum atomic E-state index is 6.29. The summed E-state index contributed by atoms with van der Waals surface area (Å²) in [6.45, 7) is 2.19. The molecule has 0 amide bonds. The summed E-state index contributed by atoms with van der Waals surface area (Å²) in [5.74, 6) is 2.52. The number of nitrogens with two attached hydrogens (primary N) is 1. The van der Waals surface area contributed by atoms with Crippen LogP contribution in [0.2, 0.25) is 0 Å². The Balaban J connectivity index is 0.00000256. The van der Waals surface area contributed by atoms with E-state index in [9.17, 15) is 0 Å². The van der Waals surface area contributed by atoms with Crippen molar-refractivity contribution in [3.05, 3.63) is 59.9 Å². The number of aryl methyl sites for hydroxylation is 2. The first kappa shape index (κ1) is 21.7. The van der Waals surface area contributed by atoms with Crippen LogP contribution in [0.1, 0.15) is 11.4 Å². The molecule has 1 atom stereocenters. The van der Waals surface area contributed by atoms with Crippen molar-refractivity contribution in [1.82, 2.24) is 14.7 Å². The Morgan fingerprint density at radius 3 is 2.53 bits per heavy atom. The van der Waals surface area contributed by atoms with Crippen molar-refractivity contribution in [2.45, 2.75) is 19.4 Å². The lowest BCUT2D eigenvalue weighted by Crippen LogP contribution is -2.30. The van der Waals surface area contributed by atoms with E-state index in [2.05, 4.69) is 22.3 Å². The van der Waals surface area contributed by atoms with E-state index in [0.29, 0.717) is 18.3 Å². The second-order valence-electron chi connectivity index (χ2n) is 7.02. The summed E-state index contributed by atoms with van der Waals surface area (Å²) in [4.78, 5) is 4.34. The highest BCUT2D eigenvalue weighted by Gasteiger charge is 2.19. The lowest BCUT2D eigenvalue weighted by atomic mass is 10.1. The Bertz CT molecular complexity index is 1120. The number of rotatable bonds is 7. The molecule has 0 radical (unpaired) electrons. The van der Waals surface area contributed by atoms with Gasteiger partial charge in [0.1, 0.15) is 23.8 Å². The fourth-order valence-corrected chi connectivity index (χ4v) is 3.48. The Morgan fingerprint density at radius 2 is 1.87 bits per heavy atom. The third kappa shape index (κ3) is 4.27. The molecule has 0 aliphatic rings. The van der Waals surface area contributed by atoms with Gasteiger partial charge in [-0.3, -0.25) is 0 Å². The van der Waals surface area contributed by atoms with Gasteiger partial charge in [0.05, 0.1) is 12.6 Å². The van der Waals surface area contributed by atoms with Gasteiger partial charge >= 0.3 is 0 Å². The molecule has 2 aromatic carbocycles. The monoisotopic (exact) mass is 428 g/mol.